The molecule has 1 unspecified atom stereocenters. The van der Waals surface area contributed by atoms with Gasteiger partial charge in [-0.25, -0.2) is 0 Å². The molecule has 0 aliphatic carbocycles. The molecule has 0 saturated heterocycles. The molecule has 0 aromatic heterocycles. The molecule has 0 aliphatic rings. The minimum Gasteiger partial charge on any atom is -0.507 e. The highest BCUT2D eigenvalue weighted by atomic mass is 79.9. The van der Waals surface area contributed by atoms with Crippen molar-refractivity contribution in [1.82, 2.24) is 5.32 Å². The number of hydrogen-bond acceptors (Lipinski definition) is 3. The average molecular weight is 315 g/mol. The minimum absolute atomic E-state index is 0.0260. The molecule has 0 spiro atoms. The standard InChI is InChI=1S/C13H19BrN2O2/c1-2-3-4-10(8-15)16-13(18)11-7-9(14)5-6-12(11)17/h5-7,10,17H,2-4,8,15H2,1H3,(H,16,18). The second-order valence-electron chi connectivity index (χ2n) is 4.21. The van der Waals surface area contributed by atoms with Gasteiger partial charge in [-0.2, -0.15) is 0 Å². The van der Waals surface area contributed by atoms with Gasteiger partial charge in [0.25, 0.3) is 5.91 Å². The van der Waals surface area contributed by atoms with E-state index in [2.05, 4.69) is 28.2 Å². The Morgan fingerprint density at radius 1 is 1.56 bits per heavy atom. The second-order valence-corrected chi connectivity index (χ2v) is 5.13. The highest BCUT2D eigenvalue weighted by molar-refractivity contribution is 9.10. The number of phenolic OH excluding ortho intramolecular Hbond substituents is 1. The lowest BCUT2D eigenvalue weighted by Crippen LogP contribution is -2.40. The lowest BCUT2D eigenvalue weighted by molar-refractivity contribution is 0.0933. The maximum Gasteiger partial charge on any atom is 0.255 e. The van der Waals surface area contributed by atoms with Crippen LogP contribution in [0.3, 0.4) is 0 Å². The van der Waals surface area contributed by atoms with Gasteiger partial charge in [0.1, 0.15) is 5.75 Å². The Kier molecular flexibility index (Phi) is 6.15. The molecule has 4 nitrogen and oxygen atoms in total. The zero-order valence-electron chi connectivity index (χ0n) is 10.4. The Morgan fingerprint density at radius 2 is 2.28 bits per heavy atom. The summed E-state index contributed by atoms with van der Waals surface area (Å²) in [6.45, 7) is 2.50. The molecule has 0 aliphatic heterocycles. The average Bonchev–Trinajstić information content (AvgIpc) is 2.37. The van der Waals surface area contributed by atoms with Crippen molar-refractivity contribution >= 4 is 21.8 Å². The van der Waals surface area contributed by atoms with Gasteiger partial charge in [0.15, 0.2) is 0 Å². The van der Waals surface area contributed by atoms with Crippen LogP contribution >= 0.6 is 15.9 Å². The van der Waals surface area contributed by atoms with Crippen LogP contribution in [-0.4, -0.2) is 23.6 Å². The second kappa shape index (κ2) is 7.38. The number of phenols is 1. The van der Waals surface area contributed by atoms with Gasteiger partial charge in [-0.1, -0.05) is 35.7 Å². The Labute approximate surface area is 116 Å². The van der Waals surface area contributed by atoms with Crippen LogP contribution in [0.5, 0.6) is 5.75 Å². The van der Waals surface area contributed by atoms with Crippen LogP contribution in [0.25, 0.3) is 0 Å². The number of rotatable bonds is 6. The van der Waals surface area contributed by atoms with E-state index in [1.807, 2.05) is 0 Å². The van der Waals surface area contributed by atoms with Crippen LogP contribution in [0, 0.1) is 0 Å². The van der Waals surface area contributed by atoms with E-state index in [0.29, 0.717) is 6.54 Å². The molecule has 1 aromatic carbocycles. The first kappa shape index (κ1) is 15.0. The van der Waals surface area contributed by atoms with E-state index in [4.69, 9.17) is 5.73 Å². The summed E-state index contributed by atoms with van der Waals surface area (Å²) < 4.78 is 0.753. The Hall–Kier alpha value is -1.07. The summed E-state index contributed by atoms with van der Waals surface area (Å²) in [5.41, 5.74) is 5.88. The predicted molar refractivity (Wildman–Crippen MR) is 75.6 cm³/mol. The summed E-state index contributed by atoms with van der Waals surface area (Å²) in [6.07, 6.45) is 2.94. The van der Waals surface area contributed by atoms with Gasteiger partial charge < -0.3 is 16.2 Å². The number of nitrogens with two attached hydrogens (primary N) is 1. The third kappa shape index (κ3) is 4.31. The van der Waals surface area contributed by atoms with Crippen LogP contribution in [0.15, 0.2) is 22.7 Å². The number of unbranched alkanes of at least 4 members (excludes halogenated alkanes) is 1. The van der Waals surface area contributed by atoms with E-state index in [0.717, 1.165) is 23.7 Å². The third-order valence-electron chi connectivity index (χ3n) is 2.73. The highest BCUT2D eigenvalue weighted by Crippen LogP contribution is 2.21. The van der Waals surface area contributed by atoms with Gasteiger partial charge in [0, 0.05) is 17.1 Å². The topological polar surface area (TPSA) is 75.3 Å². The number of halogens is 1. The molecule has 0 radical (unpaired) electrons. The molecular formula is C13H19BrN2O2. The molecule has 5 heteroatoms. The molecule has 0 fully saturated rings. The fourth-order valence-corrected chi connectivity index (χ4v) is 2.01. The summed E-state index contributed by atoms with van der Waals surface area (Å²) in [5.74, 6) is -0.317. The quantitative estimate of drug-likeness (QED) is 0.754. The molecule has 0 heterocycles. The Bertz CT molecular complexity index is 410. The number of aromatic hydroxyl groups is 1. The summed E-state index contributed by atoms with van der Waals surface area (Å²) in [6, 6.07) is 4.72. The van der Waals surface area contributed by atoms with E-state index in [9.17, 15) is 9.90 Å². The summed E-state index contributed by atoms with van der Waals surface area (Å²) in [4.78, 5) is 12.0. The molecule has 1 amide bonds. The van der Waals surface area contributed by atoms with E-state index < -0.39 is 0 Å². The van der Waals surface area contributed by atoms with Crippen molar-refractivity contribution in [1.29, 1.82) is 0 Å². The molecule has 1 aromatic rings. The third-order valence-corrected chi connectivity index (χ3v) is 3.22. The van der Waals surface area contributed by atoms with Crippen molar-refractivity contribution in [2.75, 3.05) is 6.54 Å². The van der Waals surface area contributed by atoms with Gasteiger partial charge in [-0.15, -0.1) is 0 Å². The largest absolute Gasteiger partial charge is 0.507 e. The number of carbonyl (C=O) groups is 1. The first-order valence-electron chi connectivity index (χ1n) is 6.08. The number of hydrogen-bond donors (Lipinski definition) is 3. The summed E-state index contributed by atoms with van der Waals surface area (Å²) in [7, 11) is 0. The van der Waals surface area contributed by atoms with Crippen LogP contribution in [0.1, 0.15) is 36.5 Å². The molecular weight excluding hydrogens is 296 g/mol. The number of benzene rings is 1. The van der Waals surface area contributed by atoms with Gasteiger partial charge >= 0.3 is 0 Å². The van der Waals surface area contributed by atoms with Crippen molar-refractivity contribution in [3.63, 3.8) is 0 Å². The zero-order chi connectivity index (χ0) is 13.5. The molecule has 0 saturated carbocycles. The van der Waals surface area contributed by atoms with Crippen molar-refractivity contribution < 1.29 is 9.90 Å². The normalized spacial score (nSPS) is 12.2. The van der Waals surface area contributed by atoms with Gasteiger partial charge in [-0.3, -0.25) is 4.79 Å². The van der Waals surface area contributed by atoms with Crippen molar-refractivity contribution in [3.8, 4) is 5.75 Å². The highest BCUT2D eigenvalue weighted by Gasteiger charge is 2.15. The van der Waals surface area contributed by atoms with Crippen LogP contribution < -0.4 is 11.1 Å². The number of amides is 1. The molecule has 4 N–H and O–H groups in total. The zero-order valence-corrected chi connectivity index (χ0v) is 12.0. The molecule has 0 bridgehead atoms. The first-order chi connectivity index (χ1) is 8.58. The van der Waals surface area contributed by atoms with Crippen molar-refractivity contribution in [2.24, 2.45) is 5.73 Å². The van der Waals surface area contributed by atoms with Crippen molar-refractivity contribution in [2.45, 2.75) is 32.2 Å². The predicted octanol–water partition coefficient (Wildman–Crippen LogP) is 2.40. The van der Waals surface area contributed by atoms with E-state index in [-0.39, 0.29) is 23.3 Å². The maximum atomic E-state index is 12.0. The maximum absolute atomic E-state index is 12.0. The Balaban J connectivity index is 2.71. The van der Waals surface area contributed by atoms with E-state index in [1.165, 1.54) is 6.07 Å². The van der Waals surface area contributed by atoms with Crippen LogP contribution in [0.2, 0.25) is 0 Å². The Morgan fingerprint density at radius 3 is 2.89 bits per heavy atom. The fraction of sp³-hybridized carbons (Fsp3) is 0.462. The number of nitrogens with one attached hydrogen (secondary N) is 1. The summed E-state index contributed by atoms with van der Waals surface area (Å²) >= 11 is 3.27. The van der Waals surface area contributed by atoms with Crippen molar-refractivity contribution in [3.05, 3.63) is 28.2 Å². The van der Waals surface area contributed by atoms with Gasteiger partial charge in [0.05, 0.1) is 5.56 Å². The molecule has 100 valence electrons. The van der Waals surface area contributed by atoms with Gasteiger partial charge in [-0.05, 0) is 24.6 Å². The molecule has 1 atom stereocenters. The lowest BCUT2D eigenvalue weighted by Gasteiger charge is -2.17. The number of carbonyl (C=O) groups excluding carboxylic acids is 1. The molecule has 1 rings (SSSR count). The SMILES string of the molecule is CCCCC(CN)NC(=O)c1cc(Br)ccc1O. The van der Waals surface area contributed by atoms with Gasteiger partial charge in [0.2, 0.25) is 0 Å². The summed E-state index contributed by atoms with van der Waals surface area (Å²) in [5, 5.41) is 12.5. The van der Waals surface area contributed by atoms with E-state index in [1.54, 1.807) is 12.1 Å². The lowest BCUT2D eigenvalue weighted by atomic mass is 10.1. The van der Waals surface area contributed by atoms with Crippen LogP contribution in [-0.2, 0) is 0 Å². The smallest absolute Gasteiger partial charge is 0.255 e. The monoisotopic (exact) mass is 314 g/mol. The first-order valence-corrected chi connectivity index (χ1v) is 6.87. The molecule has 18 heavy (non-hydrogen) atoms. The van der Waals surface area contributed by atoms with Crippen LogP contribution in [0.4, 0.5) is 0 Å². The minimum atomic E-state index is -0.291. The fourth-order valence-electron chi connectivity index (χ4n) is 1.65. The van der Waals surface area contributed by atoms with E-state index >= 15 is 0 Å².